The number of thiazole rings is 1. The Morgan fingerprint density at radius 1 is 1.43 bits per heavy atom. The van der Waals surface area contributed by atoms with Crippen LogP contribution in [0, 0.1) is 0 Å². The summed E-state index contributed by atoms with van der Waals surface area (Å²) in [5, 5.41) is 17.8. The summed E-state index contributed by atoms with van der Waals surface area (Å²) < 4.78 is 0. The lowest BCUT2D eigenvalue weighted by atomic mass is 10.2. The first-order valence-electron chi connectivity index (χ1n) is 6.98. The van der Waals surface area contributed by atoms with Crippen molar-refractivity contribution in [2.45, 2.75) is 23.5 Å². The molecule has 2 heterocycles. The minimum Gasteiger partial charge on any atom is -0.392 e. The number of hydrogen-bond donors (Lipinski definition) is 3. The van der Waals surface area contributed by atoms with Crippen LogP contribution < -0.4 is 10.6 Å². The van der Waals surface area contributed by atoms with Crippen LogP contribution in [0.4, 0.5) is 5.13 Å². The Morgan fingerprint density at radius 2 is 2.17 bits per heavy atom. The van der Waals surface area contributed by atoms with Gasteiger partial charge in [-0.05, 0) is 24.8 Å². The van der Waals surface area contributed by atoms with Gasteiger partial charge in [0.15, 0.2) is 5.13 Å². The molecule has 0 spiro atoms. The Morgan fingerprint density at radius 3 is 2.78 bits per heavy atom. The zero-order valence-electron chi connectivity index (χ0n) is 12.5. The van der Waals surface area contributed by atoms with Gasteiger partial charge in [-0.2, -0.15) is 0 Å². The van der Waals surface area contributed by atoms with E-state index in [0.29, 0.717) is 18.1 Å². The normalized spacial score (nSPS) is 20.1. The fraction of sp³-hybridized carbons (Fsp3) is 0.333. The maximum atomic E-state index is 12.1. The second kappa shape index (κ2) is 8.12. The standard InChI is InChI=1S/C15H17N3O2S2.ClH/c1-21-11-4-2-9(3-5-11)13-8-22-15(17-13)18-14(20)12-6-10(19)7-16-12;/h2-5,8,10,12,16,19H,6-7H2,1H3,(H,17,18,20);1H. The molecule has 0 bridgehead atoms. The number of nitrogens with one attached hydrogen (secondary N) is 2. The van der Waals surface area contributed by atoms with E-state index in [4.69, 9.17) is 0 Å². The molecule has 1 amide bonds. The van der Waals surface area contributed by atoms with Crippen molar-refractivity contribution in [3.05, 3.63) is 29.6 Å². The van der Waals surface area contributed by atoms with E-state index in [1.54, 1.807) is 11.8 Å². The molecule has 1 aromatic carbocycles. The highest BCUT2D eigenvalue weighted by Crippen LogP contribution is 2.27. The highest BCUT2D eigenvalue weighted by atomic mass is 35.5. The molecule has 2 aromatic rings. The average Bonchev–Trinajstić information content (AvgIpc) is 3.16. The van der Waals surface area contributed by atoms with Crippen molar-refractivity contribution in [3.8, 4) is 11.3 Å². The van der Waals surface area contributed by atoms with Crippen LogP contribution in [0.25, 0.3) is 11.3 Å². The molecule has 1 fully saturated rings. The molecule has 3 N–H and O–H groups in total. The summed E-state index contributed by atoms with van der Waals surface area (Å²) in [6, 6.07) is 7.83. The van der Waals surface area contributed by atoms with Gasteiger partial charge in [0.05, 0.1) is 17.8 Å². The van der Waals surface area contributed by atoms with Gasteiger partial charge < -0.3 is 15.7 Å². The number of amides is 1. The first-order chi connectivity index (χ1) is 10.7. The molecule has 5 nitrogen and oxygen atoms in total. The smallest absolute Gasteiger partial charge is 0.243 e. The topological polar surface area (TPSA) is 74.2 Å². The SMILES string of the molecule is CSc1ccc(-c2csc(NC(=O)C3CC(O)CN3)n2)cc1.Cl. The van der Waals surface area contributed by atoms with Gasteiger partial charge in [-0.1, -0.05) is 12.1 Å². The van der Waals surface area contributed by atoms with Gasteiger partial charge in [0, 0.05) is 22.4 Å². The maximum absolute atomic E-state index is 12.1. The Labute approximate surface area is 149 Å². The van der Waals surface area contributed by atoms with Crippen LogP contribution in [-0.4, -0.2) is 40.9 Å². The quantitative estimate of drug-likeness (QED) is 0.720. The summed E-state index contributed by atoms with van der Waals surface area (Å²) in [4.78, 5) is 17.7. The van der Waals surface area contributed by atoms with Crippen molar-refractivity contribution in [3.63, 3.8) is 0 Å². The maximum Gasteiger partial charge on any atom is 0.243 e. The predicted octanol–water partition coefficient (Wildman–Crippen LogP) is 2.62. The van der Waals surface area contributed by atoms with Crippen molar-refractivity contribution in [1.29, 1.82) is 0 Å². The fourth-order valence-electron chi connectivity index (χ4n) is 2.33. The van der Waals surface area contributed by atoms with Crippen LogP contribution >= 0.6 is 35.5 Å². The molecule has 1 aliphatic rings. The minimum absolute atomic E-state index is 0. The van der Waals surface area contributed by atoms with Gasteiger partial charge in [0.1, 0.15) is 0 Å². The fourth-order valence-corrected chi connectivity index (χ4v) is 3.47. The average molecular weight is 372 g/mol. The molecular formula is C15H18ClN3O2S2. The van der Waals surface area contributed by atoms with E-state index < -0.39 is 6.10 Å². The summed E-state index contributed by atoms with van der Waals surface area (Å²) in [5.41, 5.74) is 1.89. The lowest BCUT2D eigenvalue weighted by Gasteiger charge is -2.08. The number of halogens is 1. The molecule has 2 unspecified atom stereocenters. The Bertz CT molecular complexity index is 663. The number of benzene rings is 1. The van der Waals surface area contributed by atoms with Crippen LogP contribution in [0.3, 0.4) is 0 Å². The van der Waals surface area contributed by atoms with Crippen LogP contribution in [0.5, 0.6) is 0 Å². The highest BCUT2D eigenvalue weighted by molar-refractivity contribution is 7.98. The van der Waals surface area contributed by atoms with E-state index >= 15 is 0 Å². The first-order valence-corrected chi connectivity index (χ1v) is 9.08. The number of hydrogen-bond acceptors (Lipinski definition) is 6. The molecule has 23 heavy (non-hydrogen) atoms. The Balaban J connectivity index is 0.00000192. The number of carbonyl (C=O) groups is 1. The lowest BCUT2D eigenvalue weighted by Crippen LogP contribution is -2.35. The van der Waals surface area contributed by atoms with Gasteiger partial charge >= 0.3 is 0 Å². The number of nitrogens with zero attached hydrogens (tertiary/aromatic N) is 1. The Kier molecular flexibility index (Phi) is 6.43. The minimum atomic E-state index is -0.447. The molecule has 1 aromatic heterocycles. The van der Waals surface area contributed by atoms with Crippen molar-refractivity contribution in [2.75, 3.05) is 18.1 Å². The third-order valence-electron chi connectivity index (χ3n) is 3.54. The van der Waals surface area contributed by atoms with Crippen molar-refractivity contribution >= 4 is 46.5 Å². The largest absolute Gasteiger partial charge is 0.392 e. The van der Waals surface area contributed by atoms with Gasteiger partial charge in [-0.3, -0.25) is 4.79 Å². The van der Waals surface area contributed by atoms with Crippen LogP contribution in [0.2, 0.25) is 0 Å². The zero-order chi connectivity index (χ0) is 15.5. The number of aromatic nitrogens is 1. The van der Waals surface area contributed by atoms with Crippen molar-refractivity contribution < 1.29 is 9.90 Å². The summed E-state index contributed by atoms with van der Waals surface area (Å²) in [6.07, 6.45) is 2.04. The van der Waals surface area contributed by atoms with E-state index in [1.165, 1.54) is 16.2 Å². The summed E-state index contributed by atoms with van der Waals surface area (Å²) in [6.45, 7) is 0.461. The third-order valence-corrected chi connectivity index (χ3v) is 5.05. The first kappa shape index (κ1) is 18.2. The molecule has 0 radical (unpaired) electrons. The number of thioether (sulfide) groups is 1. The summed E-state index contributed by atoms with van der Waals surface area (Å²) in [7, 11) is 0. The van der Waals surface area contributed by atoms with Crippen LogP contribution in [0.15, 0.2) is 34.5 Å². The number of carbonyl (C=O) groups excluding carboxylic acids is 1. The molecule has 2 atom stereocenters. The Hall–Kier alpha value is -1.12. The van der Waals surface area contributed by atoms with Gasteiger partial charge in [0.2, 0.25) is 5.91 Å². The molecule has 124 valence electrons. The van der Waals surface area contributed by atoms with Crippen LogP contribution in [0.1, 0.15) is 6.42 Å². The van der Waals surface area contributed by atoms with Gasteiger partial charge in [-0.15, -0.1) is 35.5 Å². The number of rotatable bonds is 4. The lowest BCUT2D eigenvalue weighted by molar-refractivity contribution is -0.117. The van der Waals surface area contributed by atoms with E-state index in [2.05, 4.69) is 27.8 Å². The van der Waals surface area contributed by atoms with Crippen molar-refractivity contribution in [2.24, 2.45) is 0 Å². The second-order valence-electron chi connectivity index (χ2n) is 5.11. The van der Waals surface area contributed by atoms with E-state index in [0.717, 1.165) is 11.3 Å². The number of aliphatic hydroxyl groups is 1. The van der Waals surface area contributed by atoms with Gasteiger partial charge in [0.25, 0.3) is 0 Å². The van der Waals surface area contributed by atoms with Crippen molar-refractivity contribution in [1.82, 2.24) is 10.3 Å². The molecule has 1 saturated heterocycles. The monoisotopic (exact) mass is 371 g/mol. The predicted molar refractivity (Wildman–Crippen MR) is 97.6 cm³/mol. The summed E-state index contributed by atoms with van der Waals surface area (Å²) in [5.74, 6) is -0.143. The summed E-state index contributed by atoms with van der Waals surface area (Å²) >= 11 is 3.10. The number of β-amino-alcohol motifs (C(OH)–C–C–N with tert-alkyl or cyclic N) is 1. The number of anilines is 1. The zero-order valence-corrected chi connectivity index (χ0v) is 14.9. The third kappa shape index (κ3) is 4.45. The molecule has 0 saturated carbocycles. The van der Waals surface area contributed by atoms with Gasteiger partial charge in [-0.25, -0.2) is 4.98 Å². The molecule has 0 aliphatic carbocycles. The second-order valence-corrected chi connectivity index (χ2v) is 6.84. The molecule has 8 heteroatoms. The molecular weight excluding hydrogens is 354 g/mol. The van der Waals surface area contributed by atoms with E-state index in [-0.39, 0.29) is 24.4 Å². The number of aliphatic hydroxyl groups excluding tert-OH is 1. The van der Waals surface area contributed by atoms with E-state index in [9.17, 15) is 9.90 Å². The molecule has 3 rings (SSSR count). The van der Waals surface area contributed by atoms with E-state index in [1.807, 2.05) is 23.8 Å². The molecule has 1 aliphatic heterocycles. The van der Waals surface area contributed by atoms with Crippen LogP contribution in [-0.2, 0) is 4.79 Å². The highest BCUT2D eigenvalue weighted by Gasteiger charge is 2.28.